The third-order valence-corrected chi connectivity index (χ3v) is 9.37. The predicted molar refractivity (Wildman–Crippen MR) is 113 cm³/mol. The van der Waals surface area contributed by atoms with Gasteiger partial charge in [-0.1, -0.05) is 38.8 Å². The average Bonchev–Trinajstić information content (AvgIpc) is 3.20. The van der Waals surface area contributed by atoms with Crippen LogP contribution in [0.2, 0.25) is 0 Å². The van der Waals surface area contributed by atoms with Gasteiger partial charge in [-0.25, -0.2) is 0 Å². The highest BCUT2D eigenvalue weighted by atomic mass is 16.7. The van der Waals surface area contributed by atoms with Crippen molar-refractivity contribution in [3.8, 4) is 0 Å². The van der Waals surface area contributed by atoms with Crippen LogP contribution in [-0.2, 0) is 19.1 Å². The Bertz CT molecular complexity index is 862. The molecule has 3 saturated carbocycles. The van der Waals surface area contributed by atoms with Crippen molar-refractivity contribution >= 4 is 11.6 Å². The molecule has 1 aliphatic heterocycles. The van der Waals surface area contributed by atoms with Crippen LogP contribution in [0.4, 0.5) is 0 Å². The minimum atomic E-state index is -1.20. The van der Waals surface area contributed by atoms with Crippen molar-refractivity contribution in [1.82, 2.24) is 0 Å². The van der Waals surface area contributed by atoms with Gasteiger partial charge in [0, 0.05) is 16.7 Å². The lowest BCUT2D eigenvalue weighted by atomic mass is 9.46. The van der Waals surface area contributed by atoms with E-state index in [4.69, 9.17) is 9.47 Å². The van der Waals surface area contributed by atoms with Crippen LogP contribution in [0.25, 0.3) is 0 Å². The maximum atomic E-state index is 13.2. The van der Waals surface area contributed by atoms with E-state index < -0.39 is 36.1 Å². The molecule has 6 nitrogen and oxygen atoms in total. The first-order valence-corrected chi connectivity index (χ1v) is 11.8. The second kappa shape index (κ2) is 7.08. The SMILES string of the molecule is CCCC1OC2CC3C4CCC5=CC(=O)C=C[C@]5(C)C4C(O)C[C@]3(C)[C@]2(C(=O)CO)O1. The molecule has 0 bridgehead atoms. The molecule has 6 heteroatoms. The number of ketones is 2. The monoisotopic (exact) mass is 430 g/mol. The van der Waals surface area contributed by atoms with E-state index in [2.05, 4.69) is 20.8 Å². The van der Waals surface area contributed by atoms with Gasteiger partial charge in [0.2, 0.25) is 0 Å². The molecule has 0 amide bonds. The summed E-state index contributed by atoms with van der Waals surface area (Å²) in [7, 11) is 0. The summed E-state index contributed by atoms with van der Waals surface area (Å²) < 4.78 is 12.7. The molecule has 4 aliphatic carbocycles. The molecule has 2 N–H and O–H groups in total. The molecule has 0 spiro atoms. The molecule has 0 aromatic carbocycles. The quantitative estimate of drug-likeness (QED) is 0.712. The topological polar surface area (TPSA) is 93.1 Å². The van der Waals surface area contributed by atoms with Gasteiger partial charge >= 0.3 is 0 Å². The van der Waals surface area contributed by atoms with Crippen LogP contribution in [0.1, 0.15) is 59.3 Å². The highest BCUT2D eigenvalue weighted by Crippen LogP contribution is 2.69. The van der Waals surface area contributed by atoms with E-state index in [1.807, 2.05) is 6.08 Å². The maximum absolute atomic E-state index is 13.2. The number of fused-ring (bicyclic) bond motifs is 7. The van der Waals surface area contributed by atoms with E-state index in [1.54, 1.807) is 12.2 Å². The number of carbonyl (C=O) groups excluding carboxylic acids is 2. The fourth-order valence-corrected chi connectivity index (χ4v) is 8.12. The number of aliphatic hydroxyl groups is 2. The molecule has 5 rings (SSSR count). The number of allylic oxidation sites excluding steroid dienone is 4. The lowest BCUT2D eigenvalue weighted by molar-refractivity contribution is -0.200. The Hall–Kier alpha value is -1.34. The van der Waals surface area contributed by atoms with Crippen LogP contribution in [0.15, 0.2) is 23.8 Å². The molecule has 0 aromatic rings. The molecule has 4 fully saturated rings. The Morgan fingerprint density at radius 1 is 1.32 bits per heavy atom. The number of Topliss-reactive ketones (excluding diaryl/α,β-unsaturated/α-hetero) is 1. The summed E-state index contributed by atoms with van der Waals surface area (Å²) in [5.74, 6) is 0.0274. The Kier molecular flexibility index (Phi) is 4.91. The standard InChI is InChI=1S/C25H34O6/c1-4-5-21-30-20-11-17-16-7-6-14-10-15(27)8-9-23(14,2)22(16)18(28)12-24(17,3)25(20,31-21)19(29)13-26/h8-10,16-18,20-22,26,28H,4-7,11-13H2,1-3H3/t16?,17?,18?,20?,21?,22?,23-,24-,25+/m0/s1. The molecule has 5 aliphatic rings. The van der Waals surface area contributed by atoms with Gasteiger partial charge in [-0.3, -0.25) is 9.59 Å². The third-order valence-electron chi connectivity index (χ3n) is 9.37. The molecule has 1 heterocycles. The molecule has 0 radical (unpaired) electrons. The fourth-order valence-electron chi connectivity index (χ4n) is 8.12. The molecule has 1 saturated heterocycles. The van der Waals surface area contributed by atoms with E-state index in [1.165, 1.54) is 0 Å². The summed E-state index contributed by atoms with van der Waals surface area (Å²) in [6.45, 7) is 5.67. The van der Waals surface area contributed by atoms with Crippen LogP contribution in [0, 0.1) is 28.6 Å². The number of carbonyl (C=O) groups is 2. The van der Waals surface area contributed by atoms with Crippen molar-refractivity contribution in [2.24, 2.45) is 28.6 Å². The van der Waals surface area contributed by atoms with E-state index in [-0.39, 0.29) is 34.7 Å². The zero-order valence-electron chi connectivity index (χ0n) is 18.7. The van der Waals surface area contributed by atoms with Crippen LogP contribution >= 0.6 is 0 Å². The summed E-state index contributed by atoms with van der Waals surface area (Å²) in [6.07, 6.45) is 8.31. The maximum Gasteiger partial charge on any atom is 0.193 e. The highest BCUT2D eigenvalue weighted by Gasteiger charge is 2.75. The van der Waals surface area contributed by atoms with Gasteiger partial charge in [-0.15, -0.1) is 0 Å². The normalized spacial score (nSPS) is 50.4. The molecule has 170 valence electrons. The fraction of sp³-hybridized carbons (Fsp3) is 0.760. The van der Waals surface area contributed by atoms with Gasteiger partial charge in [0.15, 0.2) is 23.5 Å². The van der Waals surface area contributed by atoms with E-state index >= 15 is 0 Å². The summed E-state index contributed by atoms with van der Waals surface area (Å²) >= 11 is 0. The highest BCUT2D eigenvalue weighted by molar-refractivity contribution is 6.01. The lowest BCUT2D eigenvalue weighted by Gasteiger charge is -2.59. The zero-order chi connectivity index (χ0) is 22.2. The van der Waals surface area contributed by atoms with Crippen molar-refractivity contribution in [3.05, 3.63) is 23.8 Å². The Labute approximate surface area is 183 Å². The van der Waals surface area contributed by atoms with Gasteiger partial charge in [0.05, 0.1) is 12.2 Å². The molecule has 31 heavy (non-hydrogen) atoms. The smallest absolute Gasteiger partial charge is 0.193 e. The summed E-state index contributed by atoms with van der Waals surface area (Å²) in [6, 6.07) is 0. The van der Waals surface area contributed by atoms with Crippen molar-refractivity contribution in [3.63, 3.8) is 0 Å². The van der Waals surface area contributed by atoms with Crippen molar-refractivity contribution in [2.45, 2.75) is 83.4 Å². The van der Waals surface area contributed by atoms with Gasteiger partial charge in [0.1, 0.15) is 6.61 Å². The summed E-state index contributed by atoms with van der Waals surface area (Å²) in [5, 5.41) is 21.4. The number of hydrogen-bond donors (Lipinski definition) is 2. The first-order valence-electron chi connectivity index (χ1n) is 11.8. The number of aliphatic hydroxyl groups excluding tert-OH is 2. The largest absolute Gasteiger partial charge is 0.393 e. The third kappa shape index (κ3) is 2.65. The molecular weight excluding hydrogens is 396 g/mol. The summed E-state index contributed by atoms with van der Waals surface area (Å²) in [4.78, 5) is 25.2. The molecule has 9 atom stereocenters. The van der Waals surface area contributed by atoms with Crippen molar-refractivity contribution in [1.29, 1.82) is 0 Å². The minimum Gasteiger partial charge on any atom is -0.393 e. The Morgan fingerprint density at radius 2 is 2.10 bits per heavy atom. The Morgan fingerprint density at radius 3 is 2.81 bits per heavy atom. The van der Waals surface area contributed by atoms with E-state index in [9.17, 15) is 19.8 Å². The second-order valence-corrected chi connectivity index (χ2v) is 10.7. The number of rotatable bonds is 4. The first-order chi connectivity index (χ1) is 14.7. The van der Waals surface area contributed by atoms with Gasteiger partial charge < -0.3 is 19.7 Å². The van der Waals surface area contributed by atoms with E-state index in [0.29, 0.717) is 19.3 Å². The predicted octanol–water partition coefficient (Wildman–Crippen LogP) is 2.72. The zero-order valence-corrected chi connectivity index (χ0v) is 18.7. The van der Waals surface area contributed by atoms with Crippen molar-refractivity contribution in [2.75, 3.05) is 6.61 Å². The Balaban J connectivity index is 1.55. The summed E-state index contributed by atoms with van der Waals surface area (Å²) in [5.41, 5.74) is -1.05. The average molecular weight is 431 g/mol. The lowest BCUT2D eigenvalue weighted by Crippen LogP contribution is -2.63. The van der Waals surface area contributed by atoms with Gasteiger partial charge in [-0.05, 0) is 56.1 Å². The minimum absolute atomic E-state index is 0.0125. The van der Waals surface area contributed by atoms with Crippen LogP contribution in [-0.4, -0.2) is 52.5 Å². The van der Waals surface area contributed by atoms with Crippen LogP contribution in [0.5, 0.6) is 0 Å². The van der Waals surface area contributed by atoms with Gasteiger partial charge in [-0.2, -0.15) is 0 Å². The molecule has 0 aromatic heterocycles. The van der Waals surface area contributed by atoms with E-state index in [0.717, 1.165) is 24.8 Å². The van der Waals surface area contributed by atoms with Gasteiger partial charge in [0.25, 0.3) is 0 Å². The molecule has 6 unspecified atom stereocenters. The van der Waals surface area contributed by atoms with Crippen LogP contribution < -0.4 is 0 Å². The number of hydrogen-bond acceptors (Lipinski definition) is 6. The number of ether oxygens (including phenoxy) is 2. The first kappa shape index (κ1) is 21.5. The van der Waals surface area contributed by atoms with Crippen molar-refractivity contribution < 1.29 is 29.3 Å². The second-order valence-electron chi connectivity index (χ2n) is 10.7. The van der Waals surface area contributed by atoms with Crippen LogP contribution in [0.3, 0.4) is 0 Å². The molecular formula is C25H34O6.